The predicted molar refractivity (Wildman–Crippen MR) is 57.4 cm³/mol. The van der Waals surface area contributed by atoms with Crippen LogP contribution in [0, 0.1) is 0 Å². The van der Waals surface area contributed by atoms with E-state index in [1.165, 1.54) is 0 Å². The Morgan fingerprint density at radius 2 is 1.92 bits per heavy atom. The highest BCUT2D eigenvalue weighted by Crippen LogP contribution is 2.18. The molecule has 2 atom stereocenters. The molecule has 0 aliphatic heterocycles. The molecule has 0 saturated heterocycles. The monoisotopic (exact) mass is 243 g/mol. The van der Waals surface area contributed by atoms with Crippen LogP contribution in [0.1, 0.15) is 24.9 Å². The Morgan fingerprint density at radius 1 is 1.38 bits per heavy atom. The molecule has 0 fully saturated rings. The highest BCUT2D eigenvalue weighted by molar-refractivity contribution is 9.10. The Labute approximate surface area is 86.9 Å². The summed E-state index contributed by atoms with van der Waals surface area (Å²) in [5.74, 6) is 0. The molecule has 0 radical (unpaired) electrons. The molecule has 0 aliphatic rings. The Morgan fingerprint density at radius 3 is 2.38 bits per heavy atom. The van der Waals surface area contributed by atoms with Crippen molar-refractivity contribution < 1.29 is 5.11 Å². The van der Waals surface area contributed by atoms with E-state index in [1.807, 2.05) is 31.2 Å². The third kappa shape index (κ3) is 2.79. The van der Waals surface area contributed by atoms with Gasteiger partial charge in [0.1, 0.15) is 0 Å². The minimum Gasteiger partial charge on any atom is -0.391 e. The molecule has 0 bridgehead atoms. The molecule has 0 spiro atoms. The van der Waals surface area contributed by atoms with E-state index in [9.17, 15) is 5.11 Å². The summed E-state index contributed by atoms with van der Waals surface area (Å²) in [6.45, 7) is 1.92. The molecular weight excluding hydrogens is 230 g/mol. The van der Waals surface area contributed by atoms with Gasteiger partial charge in [-0.3, -0.25) is 0 Å². The number of hydrogen-bond acceptors (Lipinski definition) is 2. The Balaban J connectivity index is 2.77. The van der Waals surface area contributed by atoms with Gasteiger partial charge in [-0.25, -0.2) is 0 Å². The fraction of sp³-hybridized carbons (Fsp3) is 0.400. The van der Waals surface area contributed by atoms with Gasteiger partial charge in [0, 0.05) is 4.47 Å². The van der Waals surface area contributed by atoms with E-state index in [1.54, 1.807) is 0 Å². The summed E-state index contributed by atoms with van der Waals surface area (Å²) in [5, 5.41) is 9.51. The van der Waals surface area contributed by atoms with Crippen molar-refractivity contribution in [2.45, 2.75) is 25.5 Å². The van der Waals surface area contributed by atoms with E-state index >= 15 is 0 Å². The first-order valence-corrected chi connectivity index (χ1v) is 5.13. The Hall–Kier alpha value is -0.380. The van der Waals surface area contributed by atoms with Crippen molar-refractivity contribution in [1.82, 2.24) is 0 Å². The molecule has 0 saturated carbocycles. The predicted octanol–water partition coefficient (Wildman–Crippen LogP) is 2.22. The molecule has 0 amide bonds. The highest BCUT2D eigenvalue weighted by atomic mass is 79.9. The number of rotatable bonds is 3. The maximum atomic E-state index is 9.51. The topological polar surface area (TPSA) is 46.2 Å². The lowest BCUT2D eigenvalue weighted by Gasteiger charge is -2.17. The van der Waals surface area contributed by atoms with Gasteiger partial charge in [0.15, 0.2) is 0 Å². The van der Waals surface area contributed by atoms with Gasteiger partial charge in [0.25, 0.3) is 0 Å². The third-order valence-corrected chi connectivity index (χ3v) is 2.62. The molecule has 3 heteroatoms. The van der Waals surface area contributed by atoms with Crippen LogP contribution in [0.2, 0.25) is 0 Å². The second-order valence-electron chi connectivity index (χ2n) is 3.05. The standard InChI is InChI=1S/C10H14BrNO/c1-2-9(13)10(12)7-3-5-8(11)6-4-7/h3-6,9-10,13H,2,12H2,1H3. The molecule has 1 aromatic rings. The molecule has 1 aromatic carbocycles. The number of aliphatic hydroxyl groups is 1. The second kappa shape index (κ2) is 4.74. The van der Waals surface area contributed by atoms with Gasteiger partial charge >= 0.3 is 0 Å². The summed E-state index contributed by atoms with van der Waals surface area (Å²) in [5.41, 5.74) is 6.80. The molecule has 0 heterocycles. The molecule has 1 rings (SSSR count). The van der Waals surface area contributed by atoms with Gasteiger partial charge in [-0.2, -0.15) is 0 Å². The molecule has 2 unspecified atom stereocenters. The molecule has 2 nitrogen and oxygen atoms in total. The number of aliphatic hydroxyl groups excluding tert-OH is 1. The van der Waals surface area contributed by atoms with Crippen molar-refractivity contribution in [1.29, 1.82) is 0 Å². The average Bonchev–Trinajstić information content (AvgIpc) is 2.17. The normalized spacial score (nSPS) is 15.4. The number of halogens is 1. The first-order valence-electron chi connectivity index (χ1n) is 4.34. The van der Waals surface area contributed by atoms with Crippen molar-refractivity contribution in [2.75, 3.05) is 0 Å². The van der Waals surface area contributed by atoms with Crippen molar-refractivity contribution in [3.05, 3.63) is 34.3 Å². The summed E-state index contributed by atoms with van der Waals surface area (Å²) < 4.78 is 1.02. The lowest BCUT2D eigenvalue weighted by Crippen LogP contribution is -2.25. The molecule has 3 N–H and O–H groups in total. The van der Waals surface area contributed by atoms with E-state index in [-0.39, 0.29) is 6.04 Å². The maximum absolute atomic E-state index is 9.51. The SMILES string of the molecule is CCC(O)C(N)c1ccc(Br)cc1. The van der Waals surface area contributed by atoms with Crippen LogP contribution in [0.4, 0.5) is 0 Å². The highest BCUT2D eigenvalue weighted by Gasteiger charge is 2.13. The number of nitrogens with two attached hydrogens (primary N) is 1. The van der Waals surface area contributed by atoms with Crippen molar-refractivity contribution >= 4 is 15.9 Å². The molecule has 0 aromatic heterocycles. The van der Waals surface area contributed by atoms with E-state index in [4.69, 9.17) is 5.73 Å². The minimum atomic E-state index is -0.457. The number of hydrogen-bond donors (Lipinski definition) is 2. The van der Waals surface area contributed by atoms with Crippen LogP contribution in [0.15, 0.2) is 28.7 Å². The summed E-state index contributed by atoms with van der Waals surface area (Å²) in [7, 11) is 0. The lowest BCUT2D eigenvalue weighted by molar-refractivity contribution is 0.140. The van der Waals surface area contributed by atoms with Crippen LogP contribution < -0.4 is 5.73 Å². The fourth-order valence-corrected chi connectivity index (χ4v) is 1.43. The van der Waals surface area contributed by atoms with E-state index < -0.39 is 6.10 Å². The van der Waals surface area contributed by atoms with E-state index in [0.717, 1.165) is 10.0 Å². The summed E-state index contributed by atoms with van der Waals surface area (Å²) in [4.78, 5) is 0. The fourth-order valence-electron chi connectivity index (χ4n) is 1.16. The summed E-state index contributed by atoms with van der Waals surface area (Å²) in [6, 6.07) is 7.43. The van der Waals surface area contributed by atoms with Crippen LogP contribution in [0.3, 0.4) is 0 Å². The zero-order valence-electron chi connectivity index (χ0n) is 7.57. The van der Waals surface area contributed by atoms with Gasteiger partial charge in [0.2, 0.25) is 0 Å². The van der Waals surface area contributed by atoms with Crippen LogP contribution in [0.5, 0.6) is 0 Å². The molecule has 0 aliphatic carbocycles. The van der Waals surface area contributed by atoms with Crippen LogP contribution in [-0.2, 0) is 0 Å². The molecular formula is C10H14BrNO. The zero-order chi connectivity index (χ0) is 9.84. The van der Waals surface area contributed by atoms with Gasteiger partial charge in [-0.15, -0.1) is 0 Å². The Bertz CT molecular complexity index is 260. The van der Waals surface area contributed by atoms with Crippen molar-refractivity contribution in [2.24, 2.45) is 5.73 Å². The van der Waals surface area contributed by atoms with E-state index in [0.29, 0.717) is 6.42 Å². The average molecular weight is 244 g/mol. The van der Waals surface area contributed by atoms with Gasteiger partial charge < -0.3 is 10.8 Å². The van der Waals surface area contributed by atoms with Gasteiger partial charge in [-0.05, 0) is 24.1 Å². The molecule has 72 valence electrons. The van der Waals surface area contributed by atoms with Crippen LogP contribution >= 0.6 is 15.9 Å². The molecule has 13 heavy (non-hydrogen) atoms. The first-order chi connectivity index (χ1) is 6.15. The van der Waals surface area contributed by atoms with E-state index in [2.05, 4.69) is 15.9 Å². The quantitative estimate of drug-likeness (QED) is 0.856. The van der Waals surface area contributed by atoms with Gasteiger partial charge in [0.05, 0.1) is 12.1 Å². The lowest BCUT2D eigenvalue weighted by atomic mass is 10.0. The third-order valence-electron chi connectivity index (χ3n) is 2.09. The van der Waals surface area contributed by atoms with Crippen molar-refractivity contribution in [3.8, 4) is 0 Å². The number of benzene rings is 1. The summed E-state index contributed by atoms with van der Waals surface area (Å²) >= 11 is 3.35. The summed E-state index contributed by atoms with van der Waals surface area (Å²) in [6.07, 6.45) is 0.221. The van der Waals surface area contributed by atoms with Gasteiger partial charge in [-0.1, -0.05) is 35.0 Å². The van der Waals surface area contributed by atoms with Crippen LogP contribution in [0.25, 0.3) is 0 Å². The minimum absolute atomic E-state index is 0.280. The maximum Gasteiger partial charge on any atom is 0.0730 e. The van der Waals surface area contributed by atoms with Crippen LogP contribution in [-0.4, -0.2) is 11.2 Å². The Kier molecular flexibility index (Phi) is 3.90. The smallest absolute Gasteiger partial charge is 0.0730 e. The van der Waals surface area contributed by atoms with Crippen molar-refractivity contribution in [3.63, 3.8) is 0 Å². The first kappa shape index (κ1) is 10.7. The largest absolute Gasteiger partial charge is 0.391 e. The zero-order valence-corrected chi connectivity index (χ0v) is 9.16. The second-order valence-corrected chi connectivity index (χ2v) is 3.97.